The number of likely N-dealkylation sites (N-methyl/N-ethyl adjacent to an activating group) is 1. The van der Waals surface area contributed by atoms with E-state index in [4.69, 9.17) is 4.74 Å². The summed E-state index contributed by atoms with van der Waals surface area (Å²) in [4.78, 5) is 54.2. The minimum atomic E-state index is -0.469. The molecule has 0 spiro atoms. The molecular formula is C26H26N8O4. The number of ether oxygens (including phenoxy) is 1. The summed E-state index contributed by atoms with van der Waals surface area (Å²) in [7, 11) is 3.45. The molecule has 1 aliphatic rings. The third-order valence-electron chi connectivity index (χ3n) is 6.34. The summed E-state index contributed by atoms with van der Waals surface area (Å²) in [5, 5.41) is 3.09. The molecule has 0 aromatic carbocycles. The highest BCUT2D eigenvalue weighted by Gasteiger charge is 2.30. The number of carbonyl (C=O) groups is 2. The molecule has 1 saturated heterocycles. The van der Waals surface area contributed by atoms with Gasteiger partial charge in [-0.2, -0.15) is 4.98 Å². The number of nitrogens with zero attached hydrogens (tertiary/aromatic N) is 7. The van der Waals surface area contributed by atoms with Crippen molar-refractivity contribution >= 4 is 35.0 Å². The average Bonchev–Trinajstić information content (AvgIpc) is 3.36. The van der Waals surface area contributed by atoms with Gasteiger partial charge in [0.05, 0.1) is 5.70 Å². The number of fused-ring (bicyclic) bond motifs is 1. The van der Waals surface area contributed by atoms with Crippen molar-refractivity contribution in [3.8, 4) is 11.1 Å². The minimum Gasteiger partial charge on any atom is -0.461 e. The molecule has 194 valence electrons. The van der Waals surface area contributed by atoms with E-state index < -0.39 is 5.97 Å². The third-order valence-corrected chi connectivity index (χ3v) is 6.34. The fourth-order valence-electron chi connectivity index (χ4n) is 4.27. The second-order valence-corrected chi connectivity index (χ2v) is 8.90. The number of carbonyl (C=O) groups excluding carboxylic acids is 2. The molecule has 5 heterocycles. The summed E-state index contributed by atoms with van der Waals surface area (Å²) in [6.45, 7) is 6.06. The average molecular weight is 515 g/mol. The summed E-state index contributed by atoms with van der Waals surface area (Å²) in [6.07, 6.45) is 8.47. The molecule has 1 aliphatic heterocycles. The van der Waals surface area contributed by atoms with E-state index in [-0.39, 0.29) is 23.8 Å². The van der Waals surface area contributed by atoms with Gasteiger partial charge in [-0.1, -0.05) is 6.58 Å². The Kier molecular flexibility index (Phi) is 6.37. The van der Waals surface area contributed by atoms with Gasteiger partial charge in [-0.15, -0.1) is 0 Å². The highest BCUT2D eigenvalue weighted by Crippen LogP contribution is 2.33. The summed E-state index contributed by atoms with van der Waals surface area (Å²) in [5.74, 6) is 0.565. The van der Waals surface area contributed by atoms with Gasteiger partial charge in [0.2, 0.25) is 5.78 Å². The van der Waals surface area contributed by atoms with Crippen molar-refractivity contribution in [1.82, 2.24) is 28.8 Å². The maximum Gasteiger partial charge on any atom is 0.302 e. The lowest BCUT2D eigenvalue weighted by Crippen LogP contribution is -2.47. The standard InChI is InChI=1S/C26H26N8O4/c1-16-24(36)34(12-11-31(16)3)23-20(15-38-17(2)35)19(5-7-27-23)18-13-21(25(37)32(4)14-18)29-22-6-9-33-10-8-28-26(33)30-22/h5-10,13-14H,1,11-12,15H2,2-4H3,(H,28,29,30). The lowest BCUT2D eigenvalue weighted by atomic mass is 10.0. The zero-order valence-corrected chi connectivity index (χ0v) is 21.2. The molecule has 0 atom stereocenters. The van der Waals surface area contributed by atoms with Crippen molar-refractivity contribution in [2.24, 2.45) is 7.05 Å². The molecule has 1 amide bonds. The molecule has 0 unspecified atom stereocenters. The first kappa shape index (κ1) is 24.7. The number of aryl methyl sites for hydroxylation is 1. The van der Waals surface area contributed by atoms with Crippen LogP contribution in [0.2, 0.25) is 0 Å². The molecule has 12 heteroatoms. The van der Waals surface area contributed by atoms with Crippen LogP contribution in [0.4, 0.5) is 17.3 Å². The Bertz CT molecular complexity index is 1640. The van der Waals surface area contributed by atoms with Gasteiger partial charge in [-0.05, 0) is 23.8 Å². The van der Waals surface area contributed by atoms with E-state index in [0.717, 1.165) is 0 Å². The van der Waals surface area contributed by atoms with E-state index >= 15 is 0 Å². The number of anilines is 3. The quantitative estimate of drug-likeness (QED) is 0.304. The number of rotatable bonds is 6. The molecule has 5 rings (SSSR count). The second kappa shape index (κ2) is 9.81. The van der Waals surface area contributed by atoms with Crippen LogP contribution in [0.5, 0.6) is 0 Å². The molecule has 0 saturated carbocycles. The maximum atomic E-state index is 13.1. The predicted molar refractivity (Wildman–Crippen MR) is 141 cm³/mol. The molecule has 1 fully saturated rings. The Morgan fingerprint density at radius 1 is 1.13 bits per heavy atom. The van der Waals surface area contributed by atoms with Crippen molar-refractivity contribution in [1.29, 1.82) is 0 Å². The number of esters is 1. The molecule has 4 aromatic rings. The number of piperazine rings is 1. The van der Waals surface area contributed by atoms with Gasteiger partial charge >= 0.3 is 5.97 Å². The van der Waals surface area contributed by atoms with Crippen LogP contribution in [-0.4, -0.2) is 60.8 Å². The van der Waals surface area contributed by atoms with E-state index in [9.17, 15) is 14.4 Å². The topological polar surface area (TPSA) is 127 Å². The van der Waals surface area contributed by atoms with Crippen LogP contribution in [0.15, 0.2) is 66.3 Å². The third kappa shape index (κ3) is 4.59. The fraction of sp³-hybridized carbons (Fsp3) is 0.231. The zero-order chi connectivity index (χ0) is 27.0. The number of pyridine rings is 2. The van der Waals surface area contributed by atoms with Crippen LogP contribution in [-0.2, 0) is 28.0 Å². The van der Waals surface area contributed by atoms with Crippen LogP contribution >= 0.6 is 0 Å². The fourth-order valence-corrected chi connectivity index (χ4v) is 4.27. The normalized spacial score (nSPS) is 13.8. The summed E-state index contributed by atoms with van der Waals surface area (Å²) < 4.78 is 8.57. The first-order valence-corrected chi connectivity index (χ1v) is 11.8. The lowest BCUT2D eigenvalue weighted by Gasteiger charge is -2.35. The Labute approximate surface area is 217 Å². The van der Waals surface area contributed by atoms with E-state index in [1.165, 1.54) is 16.4 Å². The van der Waals surface area contributed by atoms with E-state index in [0.29, 0.717) is 52.9 Å². The number of hydrogen-bond acceptors (Lipinski definition) is 9. The second-order valence-electron chi connectivity index (χ2n) is 8.90. The van der Waals surface area contributed by atoms with E-state index in [2.05, 4.69) is 26.8 Å². The molecule has 4 aromatic heterocycles. The van der Waals surface area contributed by atoms with Gasteiger partial charge in [-0.25, -0.2) is 9.97 Å². The molecular weight excluding hydrogens is 488 g/mol. The number of hydrogen-bond donors (Lipinski definition) is 1. The molecule has 0 aliphatic carbocycles. The number of amides is 1. The maximum absolute atomic E-state index is 13.1. The lowest BCUT2D eigenvalue weighted by molar-refractivity contribution is -0.142. The van der Waals surface area contributed by atoms with Crippen molar-refractivity contribution in [2.75, 3.05) is 30.4 Å². The molecule has 38 heavy (non-hydrogen) atoms. The highest BCUT2D eigenvalue weighted by atomic mass is 16.5. The largest absolute Gasteiger partial charge is 0.461 e. The molecule has 1 N–H and O–H groups in total. The Morgan fingerprint density at radius 2 is 1.95 bits per heavy atom. The van der Waals surface area contributed by atoms with Gasteiger partial charge in [0.1, 0.15) is 23.9 Å². The van der Waals surface area contributed by atoms with Crippen molar-refractivity contribution in [3.63, 3.8) is 0 Å². The van der Waals surface area contributed by atoms with Gasteiger partial charge < -0.3 is 19.5 Å². The van der Waals surface area contributed by atoms with Crippen LogP contribution in [0, 0.1) is 0 Å². The van der Waals surface area contributed by atoms with Crippen LogP contribution in [0.1, 0.15) is 12.5 Å². The Hall–Kier alpha value is -5.00. The molecule has 0 radical (unpaired) electrons. The van der Waals surface area contributed by atoms with E-state index in [1.54, 1.807) is 72.6 Å². The van der Waals surface area contributed by atoms with Crippen LogP contribution in [0.25, 0.3) is 16.9 Å². The predicted octanol–water partition coefficient (Wildman–Crippen LogP) is 2.09. The number of nitrogens with one attached hydrogen (secondary N) is 1. The first-order chi connectivity index (χ1) is 18.2. The Morgan fingerprint density at radius 3 is 2.74 bits per heavy atom. The van der Waals surface area contributed by atoms with Crippen LogP contribution in [0.3, 0.4) is 0 Å². The summed E-state index contributed by atoms with van der Waals surface area (Å²) in [6, 6.07) is 5.19. The van der Waals surface area contributed by atoms with Crippen molar-refractivity contribution < 1.29 is 14.3 Å². The van der Waals surface area contributed by atoms with Crippen LogP contribution < -0.4 is 15.8 Å². The number of aromatic nitrogens is 5. The monoisotopic (exact) mass is 514 g/mol. The SMILES string of the molecule is C=C1C(=O)N(c2nccc(-c3cc(Nc4ccn5ccnc5n4)c(=O)n(C)c3)c2COC(C)=O)CCN1C. The first-order valence-electron chi connectivity index (χ1n) is 11.8. The molecule has 0 bridgehead atoms. The van der Waals surface area contributed by atoms with Gasteiger partial charge in [0, 0.05) is 76.2 Å². The van der Waals surface area contributed by atoms with E-state index in [1.807, 2.05) is 0 Å². The highest BCUT2D eigenvalue weighted by molar-refractivity contribution is 6.05. The smallest absolute Gasteiger partial charge is 0.302 e. The summed E-state index contributed by atoms with van der Waals surface area (Å²) >= 11 is 0. The summed E-state index contributed by atoms with van der Waals surface area (Å²) in [5.41, 5.74) is 2.22. The van der Waals surface area contributed by atoms with Crippen molar-refractivity contribution in [2.45, 2.75) is 13.5 Å². The van der Waals surface area contributed by atoms with Gasteiger partial charge in [-0.3, -0.25) is 23.7 Å². The molecule has 12 nitrogen and oxygen atoms in total. The number of imidazole rings is 1. The van der Waals surface area contributed by atoms with Crippen molar-refractivity contribution in [3.05, 3.63) is 77.4 Å². The minimum absolute atomic E-state index is 0.107. The Balaban J connectivity index is 1.59. The van der Waals surface area contributed by atoms with Gasteiger partial charge in [0.25, 0.3) is 11.5 Å². The zero-order valence-electron chi connectivity index (χ0n) is 21.2. The van der Waals surface area contributed by atoms with Gasteiger partial charge in [0.15, 0.2) is 0 Å².